The van der Waals surface area contributed by atoms with Crippen molar-refractivity contribution in [2.75, 3.05) is 7.05 Å². The fourth-order valence-corrected chi connectivity index (χ4v) is 1.98. The summed E-state index contributed by atoms with van der Waals surface area (Å²) in [6.45, 7) is 0. The minimum atomic E-state index is -0.000423. The van der Waals surface area contributed by atoms with Crippen LogP contribution < -0.4 is 5.73 Å². The van der Waals surface area contributed by atoms with Crippen LogP contribution in [0.3, 0.4) is 0 Å². The molecule has 22 heavy (non-hydrogen) atoms. The van der Waals surface area contributed by atoms with E-state index in [4.69, 9.17) is 18.0 Å². The third kappa shape index (κ3) is 4.23. The maximum absolute atomic E-state index is 12.4. The number of hydrogen-bond acceptors (Lipinski definition) is 3. The molecule has 0 heterocycles. The molecule has 2 aromatic carbocycles. The first-order chi connectivity index (χ1) is 10.6. The Kier molecular flexibility index (Phi) is 5.38. The Hall–Kier alpha value is -2.53. The predicted molar refractivity (Wildman–Crippen MR) is 92.9 cm³/mol. The van der Waals surface area contributed by atoms with Crippen molar-refractivity contribution in [1.29, 1.82) is 0 Å². The van der Waals surface area contributed by atoms with Crippen molar-refractivity contribution in [2.24, 2.45) is 10.8 Å². The second kappa shape index (κ2) is 7.47. The largest absolute Gasteiger partial charge is 0.375 e. The molecule has 0 aliphatic heterocycles. The van der Waals surface area contributed by atoms with Crippen LogP contribution >= 0.6 is 12.2 Å². The number of nitrogens with zero attached hydrogens (tertiary/aromatic N) is 2. The zero-order chi connectivity index (χ0) is 15.9. The molecule has 0 spiro atoms. The smallest absolute Gasteiger partial charge is 0.186 e. The minimum absolute atomic E-state index is 0.000423. The molecular weight excluding hydrogens is 294 g/mol. The summed E-state index contributed by atoms with van der Waals surface area (Å²) in [5.41, 5.74) is 7.73. The van der Waals surface area contributed by atoms with E-state index >= 15 is 0 Å². The van der Waals surface area contributed by atoms with Crippen LogP contribution in [0.2, 0.25) is 0 Å². The highest BCUT2D eigenvalue weighted by atomic mass is 32.1. The number of nitrogens with two attached hydrogens (primary N) is 1. The normalized spacial score (nSPS) is 11.0. The molecule has 0 bridgehead atoms. The first-order valence-electron chi connectivity index (χ1n) is 6.82. The van der Waals surface area contributed by atoms with Gasteiger partial charge in [0, 0.05) is 12.6 Å². The van der Waals surface area contributed by atoms with E-state index in [1.165, 1.54) is 5.01 Å². The Morgan fingerprint density at radius 2 is 1.55 bits per heavy atom. The van der Waals surface area contributed by atoms with Crippen LogP contribution in [0.1, 0.15) is 22.3 Å². The third-order valence-corrected chi connectivity index (χ3v) is 3.38. The van der Waals surface area contributed by atoms with Gasteiger partial charge in [-0.2, -0.15) is 5.10 Å². The van der Waals surface area contributed by atoms with Crippen molar-refractivity contribution < 1.29 is 4.79 Å². The second-order valence-corrected chi connectivity index (χ2v) is 5.16. The average molecular weight is 311 g/mol. The molecule has 0 radical (unpaired) electrons. The molecule has 0 aliphatic rings. The summed E-state index contributed by atoms with van der Waals surface area (Å²) in [5.74, 6) is -0.000423. The molecule has 0 atom stereocenters. The van der Waals surface area contributed by atoms with Crippen molar-refractivity contribution in [3.63, 3.8) is 0 Å². The summed E-state index contributed by atoms with van der Waals surface area (Å²) in [7, 11) is 1.66. The van der Waals surface area contributed by atoms with E-state index in [0.717, 1.165) is 5.56 Å². The summed E-state index contributed by atoms with van der Waals surface area (Å²) in [6.07, 6.45) is 0.182. The minimum Gasteiger partial charge on any atom is -0.375 e. The molecule has 2 N–H and O–H groups in total. The molecule has 0 saturated carbocycles. The van der Waals surface area contributed by atoms with Crippen LogP contribution in [-0.2, 0) is 0 Å². The fraction of sp³-hybridized carbons (Fsp3) is 0.118. The molecule has 0 aromatic heterocycles. The highest BCUT2D eigenvalue weighted by Crippen LogP contribution is 2.11. The SMILES string of the molecule is CN(N=C(CC(=O)c1ccccc1)c1ccccc1)C(N)=S. The van der Waals surface area contributed by atoms with Gasteiger partial charge in [0.05, 0.1) is 12.1 Å². The van der Waals surface area contributed by atoms with Gasteiger partial charge in [-0.25, -0.2) is 5.01 Å². The molecule has 0 aliphatic carbocycles. The van der Waals surface area contributed by atoms with Crippen LogP contribution in [-0.4, -0.2) is 28.7 Å². The number of benzene rings is 2. The lowest BCUT2D eigenvalue weighted by Crippen LogP contribution is -2.29. The summed E-state index contributed by atoms with van der Waals surface area (Å²) < 4.78 is 0. The number of carbonyl (C=O) groups is 1. The van der Waals surface area contributed by atoms with E-state index in [-0.39, 0.29) is 17.3 Å². The Labute approximate surface area is 135 Å². The topological polar surface area (TPSA) is 58.7 Å². The Balaban J connectivity index is 2.30. The van der Waals surface area contributed by atoms with E-state index < -0.39 is 0 Å². The van der Waals surface area contributed by atoms with E-state index in [0.29, 0.717) is 11.3 Å². The van der Waals surface area contributed by atoms with E-state index in [9.17, 15) is 4.79 Å². The molecule has 0 fully saturated rings. The van der Waals surface area contributed by atoms with Gasteiger partial charge in [-0.3, -0.25) is 4.79 Å². The van der Waals surface area contributed by atoms with Gasteiger partial charge in [0.25, 0.3) is 0 Å². The van der Waals surface area contributed by atoms with Gasteiger partial charge in [0.1, 0.15) is 0 Å². The standard InChI is InChI=1S/C17H17N3OS/c1-20(17(18)22)19-15(13-8-4-2-5-9-13)12-16(21)14-10-6-3-7-11-14/h2-11H,12H2,1H3,(H2,18,22). The monoisotopic (exact) mass is 311 g/mol. The lowest BCUT2D eigenvalue weighted by molar-refractivity contribution is 0.100. The fourth-order valence-electron chi connectivity index (χ4n) is 1.93. The van der Waals surface area contributed by atoms with Gasteiger partial charge in [0.2, 0.25) is 0 Å². The highest BCUT2D eigenvalue weighted by Gasteiger charge is 2.13. The molecule has 0 unspecified atom stereocenters. The number of hydrazone groups is 1. The molecule has 112 valence electrons. The zero-order valence-electron chi connectivity index (χ0n) is 12.3. The first kappa shape index (κ1) is 15.9. The number of thiocarbonyl (C=S) groups is 1. The van der Waals surface area contributed by atoms with E-state index in [1.54, 1.807) is 19.2 Å². The number of Topliss-reactive ketones (excluding diaryl/α,β-unsaturated/α-hetero) is 1. The number of carbonyl (C=O) groups excluding carboxylic acids is 1. The highest BCUT2D eigenvalue weighted by molar-refractivity contribution is 7.80. The van der Waals surface area contributed by atoms with E-state index in [2.05, 4.69) is 5.10 Å². The van der Waals surface area contributed by atoms with Crippen LogP contribution in [0.4, 0.5) is 0 Å². The van der Waals surface area contributed by atoms with Gasteiger partial charge in [0.15, 0.2) is 10.9 Å². The molecule has 2 rings (SSSR count). The van der Waals surface area contributed by atoms with Crippen molar-refractivity contribution >= 4 is 28.8 Å². The molecule has 4 nitrogen and oxygen atoms in total. The van der Waals surface area contributed by atoms with Crippen LogP contribution in [0.5, 0.6) is 0 Å². The molecule has 0 saturated heterocycles. The van der Waals surface area contributed by atoms with Crippen molar-refractivity contribution in [3.05, 3.63) is 71.8 Å². The first-order valence-corrected chi connectivity index (χ1v) is 7.23. The van der Waals surface area contributed by atoms with Crippen molar-refractivity contribution in [2.45, 2.75) is 6.42 Å². The number of rotatable bonds is 5. The summed E-state index contributed by atoms with van der Waals surface area (Å²) in [5, 5.41) is 5.93. The maximum Gasteiger partial charge on any atom is 0.186 e. The predicted octanol–water partition coefficient (Wildman–Crippen LogP) is 2.84. The number of ketones is 1. The lowest BCUT2D eigenvalue weighted by atomic mass is 10.0. The lowest BCUT2D eigenvalue weighted by Gasteiger charge is -2.14. The molecule has 5 heteroatoms. The summed E-state index contributed by atoms with van der Waals surface area (Å²) >= 11 is 4.91. The average Bonchev–Trinajstić information content (AvgIpc) is 2.55. The Morgan fingerprint density at radius 3 is 2.05 bits per heavy atom. The summed E-state index contributed by atoms with van der Waals surface area (Å²) in [6, 6.07) is 18.7. The zero-order valence-corrected chi connectivity index (χ0v) is 13.1. The van der Waals surface area contributed by atoms with Crippen LogP contribution in [0.15, 0.2) is 65.8 Å². The quantitative estimate of drug-likeness (QED) is 0.399. The van der Waals surface area contributed by atoms with Gasteiger partial charge in [-0.1, -0.05) is 60.7 Å². The molecule has 0 amide bonds. The molecule has 2 aromatic rings. The van der Waals surface area contributed by atoms with Crippen molar-refractivity contribution in [3.8, 4) is 0 Å². The summed E-state index contributed by atoms with van der Waals surface area (Å²) in [4.78, 5) is 12.4. The van der Waals surface area contributed by atoms with Gasteiger partial charge < -0.3 is 5.73 Å². The maximum atomic E-state index is 12.4. The second-order valence-electron chi connectivity index (χ2n) is 4.74. The Bertz CT molecular complexity index is 684. The molecular formula is C17H17N3OS. The third-order valence-electron chi connectivity index (χ3n) is 3.12. The number of hydrogen-bond donors (Lipinski definition) is 1. The van der Waals surface area contributed by atoms with Gasteiger partial charge in [-0.05, 0) is 17.8 Å². The van der Waals surface area contributed by atoms with Gasteiger partial charge in [-0.15, -0.1) is 0 Å². The van der Waals surface area contributed by atoms with E-state index in [1.807, 2.05) is 48.5 Å². The van der Waals surface area contributed by atoms with Crippen LogP contribution in [0.25, 0.3) is 0 Å². The van der Waals surface area contributed by atoms with Crippen LogP contribution in [0, 0.1) is 0 Å². The van der Waals surface area contributed by atoms with Gasteiger partial charge >= 0.3 is 0 Å². The van der Waals surface area contributed by atoms with Crippen molar-refractivity contribution in [1.82, 2.24) is 5.01 Å². The Morgan fingerprint density at radius 1 is 1.05 bits per heavy atom.